The van der Waals surface area contributed by atoms with Crippen molar-refractivity contribution in [2.75, 3.05) is 26.2 Å². The predicted molar refractivity (Wildman–Crippen MR) is 73.4 cm³/mol. The van der Waals surface area contributed by atoms with Crippen molar-refractivity contribution in [1.82, 2.24) is 10.2 Å². The standard InChI is InChI=1S/C15H20F4N2/c16-14-5-4-13(15(17,18)19)10-12(14)11-20-6-3-9-21-7-1-2-8-21/h4-5,10,20H,1-3,6-9,11H2. The highest BCUT2D eigenvalue weighted by molar-refractivity contribution is 5.27. The summed E-state index contributed by atoms with van der Waals surface area (Å²) >= 11 is 0. The van der Waals surface area contributed by atoms with Crippen molar-refractivity contribution < 1.29 is 17.6 Å². The lowest BCUT2D eigenvalue weighted by molar-refractivity contribution is -0.137. The Kier molecular flexibility index (Phi) is 5.58. The third-order valence-corrected chi connectivity index (χ3v) is 3.72. The minimum atomic E-state index is -4.43. The molecule has 0 atom stereocenters. The average Bonchev–Trinajstić information content (AvgIpc) is 2.92. The summed E-state index contributed by atoms with van der Waals surface area (Å²) in [4.78, 5) is 2.37. The van der Waals surface area contributed by atoms with Crippen molar-refractivity contribution in [2.24, 2.45) is 0 Å². The highest BCUT2D eigenvalue weighted by Crippen LogP contribution is 2.30. The van der Waals surface area contributed by atoms with E-state index in [1.807, 2.05) is 0 Å². The third-order valence-electron chi connectivity index (χ3n) is 3.72. The SMILES string of the molecule is Fc1ccc(C(F)(F)F)cc1CNCCCN1CCCC1. The van der Waals surface area contributed by atoms with E-state index in [-0.39, 0.29) is 12.1 Å². The molecular formula is C15H20F4N2. The van der Waals surface area contributed by atoms with Crippen LogP contribution in [0.4, 0.5) is 17.6 Å². The molecular weight excluding hydrogens is 284 g/mol. The molecule has 1 aliphatic heterocycles. The molecule has 1 aromatic rings. The molecule has 1 N–H and O–H groups in total. The number of hydrogen-bond donors (Lipinski definition) is 1. The fourth-order valence-corrected chi connectivity index (χ4v) is 2.54. The van der Waals surface area contributed by atoms with E-state index < -0.39 is 17.6 Å². The summed E-state index contributed by atoms with van der Waals surface area (Å²) in [6.07, 6.45) is -1.04. The number of halogens is 4. The lowest BCUT2D eigenvalue weighted by Crippen LogP contribution is -2.25. The lowest BCUT2D eigenvalue weighted by Gasteiger charge is -2.14. The van der Waals surface area contributed by atoms with Crippen LogP contribution in [0.3, 0.4) is 0 Å². The second-order valence-electron chi connectivity index (χ2n) is 5.38. The van der Waals surface area contributed by atoms with Gasteiger partial charge in [-0.05, 0) is 63.6 Å². The van der Waals surface area contributed by atoms with Crippen LogP contribution in [0.2, 0.25) is 0 Å². The van der Waals surface area contributed by atoms with Gasteiger partial charge in [0.1, 0.15) is 5.82 Å². The van der Waals surface area contributed by atoms with Gasteiger partial charge in [-0.1, -0.05) is 0 Å². The summed E-state index contributed by atoms with van der Waals surface area (Å²) in [5.41, 5.74) is -0.747. The van der Waals surface area contributed by atoms with Gasteiger partial charge in [0.15, 0.2) is 0 Å². The lowest BCUT2D eigenvalue weighted by atomic mass is 10.1. The molecule has 1 fully saturated rings. The number of nitrogens with one attached hydrogen (secondary N) is 1. The zero-order valence-electron chi connectivity index (χ0n) is 11.8. The summed E-state index contributed by atoms with van der Waals surface area (Å²) < 4.78 is 51.2. The molecule has 0 bridgehead atoms. The molecule has 0 spiro atoms. The van der Waals surface area contributed by atoms with Gasteiger partial charge in [-0.15, -0.1) is 0 Å². The zero-order chi connectivity index (χ0) is 15.3. The van der Waals surface area contributed by atoms with E-state index in [1.54, 1.807) is 0 Å². The van der Waals surface area contributed by atoms with Crippen LogP contribution in [0.1, 0.15) is 30.4 Å². The quantitative estimate of drug-likeness (QED) is 0.640. The topological polar surface area (TPSA) is 15.3 Å². The molecule has 1 saturated heterocycles. The van der Waals surface area contributed by atoms with Gasteiger partial charge in [0.05, 0.1) is 5.56 Å². The first-order valence-electron chi connectivity index (χ1n) is 7.25. The minimum Gasteiger partial charge on any atom is -0.313 e. The van der Waals surface area contributed by atoms with Crippen molar-refractivity contribution in [1.29, 1.82) is 0 Å². The summed E-state index contributed by atoms with van der Waals surface area (Å²) in [7, 11) is 0. The van der Waals surface area contributed by atoms with Crippen LogP contribution in [0.15, 0.2) is 18.2 Å². The van der Waals surface area contributed by atoms with Crippen molar-refractivity contribution >= 4 is 0 Å². The van der Waals surface area contributed by atoms with Crippen molar-refractivity contribution in [2.45, 2.75) is 32.0 Å². The van der Waals surface area contributed by atoms with E-state index >= 15 is 0 Å². The number of likely N-dealkylation sites (tertiary alicyclic amines) is 1. The maximum Gasteiger partial charge on any atom is 0.416 e. The highest BCUT2D eigenvalue weighted by Gasteiger charge is 2.30. The third kappa shape index (κ3) is 4.97. The van der Waals surface area contributed by atoms with Crippen LogP contribution in [-0.4, -0.2) is 31.1 Å². The maximum absolute atomic E-state index is 13.5. The molecule has 1 aliphatic rings. The van der Waals surface area contributed by atoms with E-state index in [0.717, 1.165) is 44.3 Å². The Morgan fingerprint density at radius 1 is 1.14 bits per heavy atom. The van der Waals surface area contributed by atoms with Gasteiger partial charge in [0.25, 0.3) is 0 Å². The van der Waals surface area contributed by atoms with E-state index in [4.69, 9.17) is 0 Å². The average molecular weight is 304 g/mol. The minimum absolute atomic E-state index is 0.0611. The monoisotopic (exact) mass is 304 g/mol. The van der Waals surface area contributed by atoms with Crippen LogP contribution in [-0.2, 0) is 12.7 Å². The second kappa shape index (κ2) is 7.22. The van der Waals surface area contributed by atoms with Gasteiger partial charge in [-0.25, -0.2) is 4.39 Å². The first-order valence-corrected chi connectivity index (χ1v) is 7.25. The summed E-state index contributed by atoms with van der Waals surface area (Å²) in [5.74, 6) is -0.602. The number of alkyl halides is 3. The molecule has 0 saturated carbocycles. The van der Waals surface area contributed by atoms with Gasteiger partial charge >= 0.3 is 6.18 Å². The van der Waals surface area contributed by atoms with Crippen molar-refractivity contribution in [3.05, 3.63) is 35.1 Å². The van der Waals surface area contributed by atoms with E-state index in [1.165, 1.54) is 12.8 Å². The Bertz CT molecular complexity index is 453. The first kappa shape index (κ1) is 16.2. The molecule has 2 nitrogen and oxygen atoms in total. The Morgan fingerprint density at radius 2 is 1.86 bits per heavy atom. The molecule has 6 heteroatoms. The molecule has 0 aliphatic carbocycles. The molecule has 0 unspecified atom stereocenters. The van der Waals surface area contributed by atoms with E-state index in [9.17, 15) is 17.6 Å². The summed E-state index contributed by atoms with van der Waals surface area (Å²) in [5, 5.41) is 3.01. The number of rotatable bonds is 6. The summed E-state index contributed by atoms with van der Waals surface area (Å²) in [6, 6.07) is 2.53. The van der Waals surface area contributed by atoms with Gasteiger partial charge < -0.3 is 10.2 Å². The predicted octanol–water partition coefficient (Wildman–Crippen LogP) is 3.42. The molecule has 21 heavy (non-hydrogen) atoms. The largest absolute Gasteiger partial charge is 0.416 e. The Balaban J connectivity index is 1.77. The zero-order valence-corrected chi connectivity index (χ0v) is 11.8. The van der Waals surface area contributed by atoms with Gasteiger partial charge in [0, 0.05) is 12.1 Å². The van der Waals surface area contributed by atoms with Crippen molar-refractivity contribution in [3.8, 4) is 0 Å². The number of benzene rings is 1. The van der Waals surface area contributed by atoms with Crippen LogP contribution in [0.25, 0.3) is 0 Å². The first-order chi connectivity index (χ1) is 9.97. The molecule has 0 radical (unpaired) electrons. The van der Waals surface area contributed by atoms with E-state index in [0.29, 0.717) is 6.54 Å². The van der Waals surface area contributed by atoms with Crippen LogP contribution >= 0.6 is 0 Å². The smallest absolute Gasteiger partial charge is 0.313 e. The Labute approximate surface area is 122 Å². The molecule has 0 amide bonds. The molecule has 1 aromatic carbocycles. The van der Waals surface area contributed by atoms with Crippen LogP contribution < -0.4 is 5.32 Å². The van der Waals surface area contributed by atoms with E-state index in [2.05, 4.69) is 10.2 Å². The van der Waals surface area contributed by atoms with Gasteiger partial charge in [-0.2, -0.15) is 13.2 Å². The Morgan fingerprint density at radius 3 is 2.52 bits per heavy atom. The normalized spacial score (nSPS) is 16.6. The second-order valence-corrected chi connectivity index (χ2v) is 5.38. The fraction of sp³-hybridized carbons (Fsp3) is 0.600. The van der Waals surface area contributed by atoms with Crippen molar-refractivity contribution in [3.63, 3.8) is 0 Å². The number of hydrogen-bond acceptors (Lipinski definition) is 2. The number of nitrogens with zero attached hydrogens (tertiary/aromatic N) is 1. The molecule has 118 valence electrons. The van der Waals surface area contributed by atoms with Crippen LogP contribution in [0, 0.1) is 5.82 Å². The molecule has 1 heterocycles. The maximum atomic E-state index is 13.5. The van der Waals surface area contributed by atoms with Crippen LogP contribution in [0.5, 0.6) is 0 Å². The Hall–Kier alpha value is -1.14. The molecule has 2 rings (SSSR count). The highest BCUT2D eigenvalue weighted by atomic mass is 19.4. The van der Waals surface area contributed by atoms with Gasteiger partial charge in [0.2, 0.25) is 0 Å². The van der Waals surface area contributed by atoms with Gasteiger partial charge in [-0.3, -0.25) is 0 Å². The fourth-order valence-electron chi connectivity index (χ4n) is 2.54. The molecule has 0 aromatic heterocycles. The summed E-state index contributed by atoms with van der Waals surface area (Å²) in [6.45, 7) is 4.03.